The van der Waals surface area contributed by atoms with Gasteiger partial charge in [0.2, 0.25) is 0 Å². The molecule has 0 bridgehead atoms. The Balaban J connectivity index is 2.30. The molecule has 1 fully saturated rings. The number of halogens is 1. The number of piperidine rings is 1. The summed E-state index contributed by atoms with van der Waals surface area (Å²) < 4.78 is 0. The van der Waals surface area contributed by atoms with Crippen LogP contribution >= 0.6 is 11.6 Å². The van der Waals surface area contributed by atoms with Crippen LogP contribution in [0.3, 0.4) is 0 Å². The quantitative estimate of drug-likeness (QED) is 0.522. The first-order valence-electron chi connectivity index (χ1n) is 3.30. The third-order valence-corrected chi connectivity index (χ3v) is 2.29. The van der Waals surface area contributed by atoms with Gasteiger partial charge in [-0.25, -0.2) is 0 Å². The molecule has 1 heterocycles. The predicted octanol–water partition coefficient (Wildman–Crippen LogP) is 0.196. The Bertz CT molecular complexity index is 89.1. The highest BCUT2D eigenvalue weighted by Crippen LogP contribution is 2.16. The van der Waals surface area contributed by atoms with Crippen molar-refractivity contribution in [2.45, 2.75) is 11.8 Å². The zero-order valence-electron chi connectivity index (χ0n) is 5.31. The summed E-state index contributed by atoms with van der Waals surface area (Å²) in [4.78, 5) is 0. The number of aliphatic hydroxyl groups is 1. The van der Waals surface area contributed by atoms with Crippen LogP contribution in [0.5, 0.6) is 0 Å². The second-order valence-electron chi connectivity index (χ2n) is 2.45. The first-order chi connectivity index (χ1) is 4.34. The van der Waals surface area contributed by atoms with E-state index in [1.165, 1.54) is 0 Å². The lowest BCUT2D eigenvalue weighted by molar-refractivity contribution is 0.199. The highest BCUT2D eigenvalue weighted by molar-refractivity contribution is 6.21. The van der Waals surface area contributed by atoms with Crippen molar-refractivity contribution in [1.29, 1.82) is 0 Å². The Hall–Kier alpha value is 0.210. The van der Waals surface area contributed by atoms with Crippen molar-refractivity contribution in [2.24, 2.45) is 5.92 Å². The molecule has 2 N–H and O–H groups in total. The van der Waals surface area contributed by atoms with Crippen LogP contribution < -0.4 is 5.32 Å². The lowest BCUT2D eigenvalue weighted by Gasteiger charge is -2.25. The van der Waals surface area contributed by atoms with Crippen molar-refractivity contribution in [2.75, 3.05) is 19.7 Å². The number of aliphatic hydroxyl groups excluding tert-OH is 1. The van der Waals surface area contributed by atoms with E-state index in [-0.39, 0.29) is 12.0 Å². The van der Waals surface area contributed by atoms with Crippen molar-refractivity contribution >= 4 is 11.6 Å². The van der Waals surface area contributed by atoms with Gasteiger partial charge in [0.05, 0.1) is 5.38 Å². The molecule has 0 aromatic carbocycles. The van der Waals surface area contributed by atoms with Crippen LogP contribution in [0.25, 0.3) is 0 Å². The van der Waals surface area contributed by atoms with Crippen LogP contribution in [-0.2, 0) is 0 Å². The second kappa shape index (κ2) is 3.40. The van der Waals surface area contributed by atoms with Gasteiger partial charge in [0, 0.05) is 19.1 Å². The van der Waals surface area contributed by atoms with Crippen LogP contribution in [0.1, 0.15) is 6.42 Å². The topological polar surface area (TPSA) is 32.3 Å². The molecule has 0 spiro atoms. The average Bonchev–Trinajstić information content (AvgIpc) is 1.89. The summed E-state index contributed by atoms with van der Waals surface area (Å²) in [6.45, 7) is 2.07. The molecule has 2 atom stereocenters. The van der Waals surface area contributed by atoms with Crippen molar-refractivity contribution in [3.8, 4) is 0 Å². The highest BCUT2D eigenvalue weighted by atomic mass is 35.5. The summed E-state index contributed by atoms with van der Waals surface area (Å²) in [5.41, 5.74) is 0. The smallest absolute Gasteiger partial charge is 0.0511 e. The zero-order valence-corrected chi connectivity index (χ0v) is 6.06. The lowest BCUT2D eigenvalue weighted by atomic mass is 9.99. The van der Waals surface area contributed by atoms with E-state index in [2.05, 4.69) is 5.32 Å². The lowest BCUT2D eigenvalue weighted by Crippen LogP contribution is -2.38. The van der Waals surface area contributed by atoms with Crippen LogP contribution in [0, 0.1) is 5.92 Å². The summed E-state index contributed by atoms with van der Waals surface area (Å²) >= 11 is 5.86. The number of hydrogen-bond donors (Lipinski definition) is 2. The van der Waals surface area contributed by atoms with Crippen molar-refractivity contribution in [1.82, 2.24) is 5.32 Å². The van der Waals surface area contributed by atoms with E-state index in [9.17, 15) is 0 Å². The molecular weight excluding hydrogens is 138 g/mol. The molecule has 54 valence electrons. The monoisotopic (exact) mass is 149 g/mol. The molecular formula is C6H12ClNO. The Labute approximate surface area is 60.2 Å². The van der Waals surface area contributed by atoms with Crippen LogP contribution in [-0.4, -0.2) is 30.2 Å². The van der Waals surface area contributed by atoms with E-state index in [0.29, 0.717) is 5.92 Å². The Morgan fingerprint density at radius 3 is 2.89 bits per heavy atom. The molecule has 9 heavy (non-hydrogen) atoms. The number of rotatable bonds is 1. The van der Waals surface area contributed by atoms with Gasteiger partial charge in [-0.2, -0.15) is 0 Å². The number of nitrogens with one attached hydrogen (secondary N) is 1. The molecule has 1 aliphatic heterocycles. The molecule has 0 radical (unpaired) electrons. The molecule has 0 amide bonds. The van der Waals surface area contributed by atoms with Crippen LogP contribution in [0.2, 0.25) is 0 Å². The summed E-state index contributed by atoms with van der Waals surface area (Å²) in [6, 6.07) is 0. The predicted molar refractivity (Wildman–Crippen MR) is 37.7 cm³/mol. The fourth-order valence-electron chi connectivity index (χ4n) is 1.08. The van der Waals surface area contributed by atoms with Gasteiger partial charge < -0.3 is 10.4 Å². The molecule has 1 aliphatic rings. The highest BCUT2D eigenvalue weighted by Gasteiger charge is 2.21. The minimum Gasteiger partial charge on any atom is -0.396 e. The molecule has 3 heteroatoms. The van der Waals surface area contributed by atoms with Gasteiger partial charge >= 0.3 is 0 Å². The first kappa shape index (κ1) is 7.32. The molecule has 0 aromatic heterocycles. The van der Waals surface area contributed by atoms with Gasteiger partial charge in [0.1, 0.15) is 0 Å². The normalized spacial score (nSPS) is 36.7. The van der Waals surface area contributed by atoms with E-state index in [1.54, 1.807) is 0 Å². The van der Waals surface area contributed by atoms with E-state index in [1.807, 2.05) is 0 Å². The molecule has 1 saturated heterocycles. The maximum Gasteiger partial charge on any atom is 0.0511 e. The zero-order chi connectivity index (χ0) is 6.69. The third-order valence-electron chi connectivity index (χ3n) is 1.78. The molecule has 0 saturated carbocycles. The SMILES string of the molecule is OCC1CCNCC1Cl. The van der Waals surface area contributed by atoms with Crippen molar-refractivity contribution < 1.29 is 5.11 Å². The van der Waals surface area contributed by atoms with Gasteiger partial charge in [0.25, 0.3) is 0 Å². The number of hydrogen-bond acceptors (Lipinski definition) is 2. The summed E-state index contributed by atoms with van der Waals surface area (Å²) in [5, 5.41) is 12.0. The van der Waals surface area contributed by atoms with Gasteiger partial charge in [-0.3, -0.25) is 0 Å². The maximum atomic E-state index is 8.75. The molecule has 0 aliphatic carbocycles. The van der Waals surface area contributed by atoms with Crippen LogP contribution in [0.15, 0.2) is 0 Å². The Kier molecular flexibility index (Phi) is 2.76. The summed E-state index contributed by atoms with van der Waals surface area (Å²) in [7, 11) is 0. The van der Waals surface area contributed by atoms with E-state index in [4.69, 9.17) is 16.7 Å². The van der Waals surface area contributed by atoms with Crippen molar-refractivity contribution in [3.63, 3.8) is 0 Å². The Morgan fingerprint density at radius 2 is 2.44 bits per heavy atom. The maximum absolute atomic E-state index is 8.75. The first-order valence-corrected chi connectivity index (χ1v) is 3.74. The molecule has 2 unspecified atom stereocenters. The van der Waals surface area contributed by atoms with Gasteiger partial charge in [-0.1, -0.05) is 0 Å². The average molecular weight is 150 g/mol. The van der Waals surface area contributed by atoms with E-state index < -0.39 is 0 Å². The van der Waals surface area contributed by atoms with E-state index >= 15 is 0 Å². The largest absolute Gasteiger partial charge is 0.396 e. The van der Waals surface area contributed by atoms with Gasteiger partial charge in [0.15, 0.2) is 0 Å². The summed E-state index contributed by atoms with van der Waals surface area (Å²) in [6.07, 6.45) is 1.00. The Morgan fingerprint density at radius 1 is 1.67 bits per heavy atom. The van der Waals surface area contributed by atoms with E-state index in [0.717, 1.165) is 19.5 Å². The molecule has 0 aromatic rings. The minimum absolute atomic E-state index is 0.128. The number of alkyl halides is 1. The van der Waals surface area contributed by atoms with Gasteiger partial charge in [-0.15, -0.1) is 11.6 Å². The van der Waals surface area contributed by atoms with Crippen LogP contribution in [0.4, 0.5) is 0 Å². The fourth-order valence-corrected chi connectivity index (χ4v) is 1.40. The molecule has 1 rings (SSSR count). The summed E-state index contributed by atoms with van der Waals surface area (Å²) in [5.74, 6) is 0.313. The molecule has 2 nitrogen and oxygen atoms in total. The third kappa shape index (κ3) is 1.81. The minimum atomic E-state index is 0.128. The second-order valence-corrected chi connectivity index (χ2v) is 3.01. The van der Waals surface area contributed by atoms with Crippen molar-refractivity contribution in [3.05, 3.63) is 0 Å². The fraction of sp³-hybridized carbons (Fsp3) is 1.00. The standard InChI is InChI=1S/C6H12ClNO/c7-6-3-8-2-1-5(6)4-9/h5-6,8-9H,1-4H2. The van der Waals surface area contributed by atoms with Gasteiger partial charge in [-0.05, 0) is 13.0 Å².